The highest BCUT2D eigenvalue weighted by Crippen LogP contribution is 2.33. The van der Waals surface area contributed by atoms with Gasteiger partial charge in [0.2, 0.25) is 0 Å². The first-order valence-electron chi connectivity index (χ1n) is 5.40. The molecule has 0 aliphatic carbocycles. The van der Waals surface area contributed by atoms with E-state index in [0.29, 0.717) is 6.42 Å². The van der Waals surface area contributed by atoms with Gasteiger partial charge >= 0.3 is 0 Å². The Labute approximate surface area is 124 Å². The van der Waals surface area contributed by atoms with Gasteiger partial charge in [-0.15, -0.1) is 0 Å². The standard InChI is InChI=1S/C11H18I2O3/c1-4-7(14)10-8(5-6-9(12)13)15-11(2,3)16-10/h6-8,10,14H,4-5H2,1-3H3/t7?,8-,10+/m0/s1. The Balaban J connectivity index is 2.68. The largest absolute Gasteiger partial charge is 0.390 e. The topological polar surface area (TPSA) is 38.7 Å². The summed E-state index contributed by atoms with van der Waals surface area (Å²) in [6.45, 7) is 5.73. The normalized spacial score (nSPS) is 30.1. The fourth-order valence-corrected chi connectivity index (χ4v) is 2.32. The molecule has 3 nitrogen and oxygen atoms in total. The molecule has 3 atom stereocenters. The molecule has 5 heteroatoms. The zero-order valence-electron chi connectivity index (χ0n) is 9.74. The molecule has 0 radical (unpaired) electrons. The maximum absolute atomic E-state index is 9.90. The van der Waals surface area contributed by atoms with Gasteiger partial charge in [0.15, 0.2) is 5.79 Å². The summed E-state index contributed by atoms with van der Waals surface area (Å²) in [5.41, 5.74) is 0. The average molecular weight is 452 g/mol. The Hall–Kier alpha value is 1.08. The van der Waals surface area contributed by atoms with Crippen molar-refractivity contribution >= 4 is 45.2 Å². The second-order valence-corrected chi connectivity index (χ2v) is 8.73. The minimum absolute atomic E-state index is 0.0514. The molecule has 1 unspecified atom stereocenters. The second kappa shape index (κ2) is 6.31. The van der Waals surface area contributed by atoms with Gasteiger partial charge in [0.25, 0.3) is 0 Å². The fourth-order valence-electron chi connectivity index (χ4n) is 1.81. The highest BCUT2D eigenvalue weighted by Gasteiger charge is 2.43. The van der Waals surface area contributed by atoms with Crippen LogP contribution < -0.4 is 0 Å². The lowest BCUT2D eigenvalue weighted by Crippen LogP contribution is -2.34. The minimum atomic E-state index is -0.587. The first-order chi connectivity index (χ1) is 7.35. The van der Waals surface area contributed by atoms with Gasteiger partial charge in [0.05, 0.1) is 12.2 Å². The molecular formula is C11H18I2O3. The SMILES string of the molecule is CCC(O)[C@H]1OC(C)(C)O[C@H]1CC=C(I)I. The van der Waals surface area contributed by atoms with Gasteiger partial charge in [0.1, 0.15) is 6.10 Å². The number of halogens is 2. The van der Waals surface area contributed by atoms with E-state index in [-0.39, 0.29) is 12.2 Å². The summed E-state index contributed by atoms with van der Waals surface area (Å²) in [6.07, 6.45) is 2.85. The maximum Gasteiger partial charge on any atom is 0.163 e. The fraction of sp³-hybridized carbons (Fsp3) is 0.818. The summed E-state index contributed by atoms with van der Waals surface area (Å²) in [6, 6.07) is 0. The van der Waals surface area contributed by atoms with Gasteiger partial charge in [-0.2, -0.15) is 0 Å². The zero-order chi connectivity index (χ0) is 12.3. The van der Waals surface area contributed by atoms with Crippen molar-refractivity contribution in [2.24, 2.45) is 0 Å². The molecule has 1 aliphatic rings. The van der Waals surface area contributed by atoms with E-state index >= 15 is 0 Å². The molecule has 1 heterocycles. The van der Waals surface area contributed by atoms with E-state index in [0.717, 1.165) is 6.42 Å². The molecule has 1 N–H and O–H groups in total. The molecule has 0 amide bonds. The van der Waals surface area contributed by atoms with Crippen LogP contribution in [0.2, 0.25) is 0 Å². The third-order valence-corrected chi connectivity index (χ3v) is 3.40. The lowest BCUT2D eigenvalue weighted by molar-refractivity contribution is -0.155. The van der Waals surface area contributed by atoms with Gasteiger partial charge in [-0.3, -0.25) is 0 Å². The predicted molar refractivity (Wildman–Crippen MR) is 80.9 cm³/mol. The second-order valence-electron chi connectivity index (χ2n) is 4.34. The zero-order valence-corrected chi connectivity index (χ0v) is 14.1. The lowest BCUT2D eigenvalue weighted by Gasteiger charge is -2.20. The van der Waals surface area contributed by atoms with E-state index in [1.165, 1.54) is 1.59 Å². The van der Waals surface area contributed by atoms with E-state index in [2.05, 4.69) is 51.3 Å². The quantitative estimate of drug-likeness (QED) is 0.666. The highest BCUT2D eigenvalue weighted by molar-refractivity contribution is 14.2. The molecule has 0 bridgehead atoms. The average Bonchev–Trinajstić information content (AvgIpc) is 2.49. The van der Waals surface area contributed by atoms with Crippen molar-refractivity contribution in [1.29, 1.82) is 0 Å². The van der Waals surface area contributed by atoms with Crippen LogP contribution in [0.4, 0.5) is 0 Å². The number of hydrogen-bond acceptors (Lipinski definition) is 3. The molecule has 1 aliphatic heterocycles. The third kappa shape index (κ3) is 4.40. The van der Waals surface area contributed by atoms with E-state index in [1.54, 1.807) is 0 Å². The van der Waals surface area contributed by atoms with Crippen molar-refractivity contribution in [3.8, 4) is 0 Å². The molecule has 94 valence electrons. The summed E-state index contributed by atoms with van der Waals surface area (Å²) in [5, 5.41) is 9.90. The molecule has 1 fully saturated rings. The van der Waals surface area contributed by atoms with Crippen LogP contribution in [0, 0.1) is 0 Å². The van der Waals surface area contributed by atoms with Crippen molar-refractivity contribution in [3.05, 3.63) is 7.66 Å². The van der Waals surface area contributed by atoms with Crippen molar-refractivity contribution in [1.82, 2.24) is 0 Å². The van der Waals surface area contributed by atoms with Crippen LogP contribution in [0.1, 0.15) is 33.6 Å². The molecule has 0 aromatic rings. The number of aliphatic hydroxyl groups is 1. The van der Waals surface area contributed by atoms with E-state index < -0.39 is 11.9 Å². The molecular weight excluding hydrogens is 434 g/mol. The van der Waals surface area contributed by atoms with Crippen LogP contribution >= 0.6 is 45.2 Å². The molecule has 0 spiro atoms. The number of rotatable bonds is 4. The Morgan fingerprint density at radius 2 is 2.06 bits per heavy atom. The van der Waals surface area contributed by atoms with Crippen LogP contribution in [0.25, 0.3) is 0 Å². The summed E-state index contributed by atoms with van der Waals surface area (Å²) in [5.74, 6) is -0.587. The van der Waals surface area contributed by atoms with Crippen molar-refractivity contribution in [2.75, 3.05) is 0 Å². The van der Waals surface area contributed by atoms with E-state index in [9.17, 15) is 5.11 Å². The van der Waals surface area contributed by atoms with Crippen molar-refractivity contribution in [2.45, 2.75) is 57.7 Å². The molecule has 0 aromatic carbocycles. The van der Waals surface area contributed by atoms with Crippen LogP contribution in [0.3, 0.4) is 0 Å². The minimum Gasteiger partial charge on any atom is -0.390 e. The molecule has 0 saturated carbocycles. The predicted octanol–water partition coefficient (Wildman–Crippen LogP) is 3.38. The van der Waals surface area contributed by atoms with Crippen molar-refractivity contribution in [3.63, 3.8) is 0 Å². The number of hydrogen-bond donors (Lipinski definition) is 1. The Morgan fingerprint density at radius 1 is 1.44 bits per heavy atom. The van der Waals surface area contributed by atoms with Crippen LogP contribution in [0.5, 0.6) is 0 Å². The lowest BCUT2D eigenvalue weighted by atomic mass is 10.0. The van der Waals surface area contributed by atoms with Gasteiger partial charge in [-0.25, -0.2) is 0 Å². The van der Waals surface area contributed by atoms with Gasteiger partial charge in [-0.1, -0.05) is 13.0 Å². The number of aliphatic hydroxyl groups excluding tert-OH is 1. The first kappa shape index (κ1) is 15.1. The van der Waals surface area contributed by atoms with Crippen molar-refractivity contribution < 1.29 is 14.6 Å². The van der Waals surface area contributed by atoms with Crippen LogP contribution in [-0.4, -0.2) is 29.2 Å². The van der Waals surface area contributed by atoms with Crippen LogP contribution in [-0.2, 0) is 9.47 Å². The maximum atomic E-state index is 9.90. The Kier molecular flexibility index (Phi) is 5.97. The molecule has 1 rings (SSSR count). The summed E-state index contributed by atoms with van der Waals surface area (Å²) >= 11 is 4.52. The third-order valence-electron chi connectivity index (χ3n) is 2.52. The highest BCUT2D eigenvalue weighted by atomic mass is 127. The summed E-state index contributed by atoms with van der Waals surface area (Å²) in [7, 11) is 0. The van der Waals surface area contributed by atoms with Gasteiger partial charge in [-0.05, 0) is 71.9 Å². The Morgan fingerprint density at radius 3 is 2.56 bits per heavy atom. The monoisotopic (exact) mass is 452 g/mol. The summed E-state index contributed by atoms with van der Waals surface area (Å²) in [4.78, 5) is 0. The van der Waals surface area contributed by atoms with Gasteiger partial charge < -0.3 is 14.6 Å². The molecule has 1 saturated heterocycles. The van der Waals surface area contributed by atoms with E-state index in [4.69, 9.17) is 9.47 Å². The molecule has 0 aromatic heterocycles. The Bertz CT molecular complexity index is 262. The van der Waals surface area contributed by atoms with E-state index in [1.807, 2.05) is 20.8 Å². The first-order valence-corrected chi connectivity index (χ1v) is 7.56. The smallest absolute Gasteiger partial charge is 0.163 e. The van der Waals surface area contributed by atoms with Crippen LogP contribution in [0.15, 0.2) is 7.66 Å². The molecule has 16 heavy (non-hydrogen) atoms. The number of ether oxygens (including phenoxy) is 2. The summed E-state index contributed by atoms with van der Waals surface area (Å²) < 4.78 is 12.7. The van der Waals surface area contributed by atoms with Gasteiger partial charge in [0, 0.05) is 1.59 Å².